The van der Waals surface area contributed by atoms with E-state index in [1.807, 2.05) is 24.4 Å². The highest BCUT2D eigenvalue weighted by Gasteiger charge is 2.16. The smallest absolute Gasteiger partial charge is 0.298 e. The second-order valence-corrected chi connectivity index (χ2v) is 5.03. The first-order valence-corrected chi connectivity index (χ1v) is 7.20. The molecule has 0 aromatic carbocycles. The molecule has 0 saturated heterocycles. The number of rotatable bonds is 5. The van der Waals surface area contributed by atoms with E-state index in [2.05, 4.69) is 22.0 Å². The van der Waals surface area contributed by atoms with Gasteiger partial charge in [-0.05, 0) is 30.7 Å². The van der Waals surface area contributed by atoms with Crippen molar-refractivity contribution >= 4 is 17.2 Å². The summed E-state index contributed by atoms with van der Waals surface area (Å²) >= 11 is 1.53. The molecule has 0 N–H and O–H groups in total. The second kappa shape index (κ2) is 6.87. The molecule has 1 amide bonds. The van der Waals surface area contributed by atoms with Gasteiger partial charge in [0, 0.05) is 6.54 Å². The standard InChI is InChI=1S/C14H15N3O2S/c1-3-6-13(18)17(8-4-2)10-12-15-16-14(19-12)11-7-5-9-20-11/h5,7,9H,4,8,10H2,1-2H3. The van der Waals surface area contributed by atoms with E-state index in [1.165, 1.54) is 11.3 Å². The number of amides is 1. The highest BCUT2D eigenvalue weighted by Crippen LogP contribution is 2.23. The Morgan fingerprint density at radius 2 is 2.35 bits per heavy atom. The van der Waals surface area contributed by atoms with Crippen LogP contribution in [0.3, 0.4) is 0 Å². The van der Waals surface area contributed by atoms with Crippen LogP contribution in [0.25, 0.3) is 10.8 Å². The minimum absolute atomic E-state index is 0.217. The molecule has 6 heteroatoms. The monoisotopic (exact) mass is 289 g/mol. The predicted octanol–water partition coefficient (Wildman–Crippen LogP) is 2.56. The first kappa shape index (κ1) is 14.3. The van der Waals surface area contributed by atoms with Crippen LogP contribution in [0.5, 0.6) is 0 Å². The fraction of sp³-hybridized carbons (Fsp3) is 0.357. The van der Waals surface area contributed by atoms with E-state index in [0.29, 0.717) is 24.9 Å². The molecular weight excluding hydrogens is 274 g/mol. The number of thiophene rings is 1. The zero-order chi connectivity index (χ0) is 14.4. The summed E-state index contributed by atoms with van der Waals surface area (Å²) in [6, 6.07) is 3.84. The SMILES string of the molecule is CC#CC(=O)N(CCC)Cc1nnc(-c2cccs2)o1. The molecule has 0 radical (unpaired) electrons. The average molecular weight is 289 g/mol. The Morgan fingerprint density at radius 1 is 1.50 bits per heavy atom. The molecular formula is C14H15N3O2S. The van der Waals surface area contributed by atoms with Gasteiger partial charge in [-0.1, -0.05) is 18.9 Å². The Kier molecular flexibility index (Phi) is 4.91. The quantitative estimate of drug-likeness (QED) is 0.794. The number of carbonyl (C=O) groups is 1. The van der Waals surface area contributed by atoms with Crippen LogP contribution in [0.1, 0.15) is 26.2 Å². The molecule has 0 fully saturated rings. The minimum atomic E-state index is -0.217. The van der Waals surface area contributed by atoms with Crippen molar-refractivity contribution in [1.29, 1.82) is 0 Å². The van der Waals surface area contributed by atoms with Crippen LogP contribution in [0.4, 0.5) is 0 Å². The zero-order valence-electron chi connectivity index (χ0n) is 11.4. The molecule has 2 aromatic heterocycles. The molecule has 0 unspecified atom stereocenters. The Morgan fingerprint density at radius 3 is 3.00 bits per heavy atom. The van der Waals surface area contributed by atoms with Gasteiger partial charge in [-0.15, -0.1) is 21.5 Å². The molecule has 2 rings (SSSR count). The van der Waals surface area contributed by atoms with E-state index in [9.17, 15) is 4.79 Å². The summed E-state index contributed by atoms with van der Waals surface area (Å²) in [6.45, 7) is 4.55. The molecule has 0 aliphatic rings. The van der Waals surface area contributed by atoms with Crippen LogP contribution < -0.4 is 0 Å². The summed E-state index contributed by atoms with van der Waals surface area (Å²) in [5.41, 5.74) is 0. The van der Waals surface area contributed by atoms with Gasteiger partial charge in [-0.3, -0.25) is 4.79 Å². The van der Waals surface area contributed by atoms with Crippen molar-refractivity contribution in [2.75, 3.05) is 6.54 Å². The largest absolute Gasteiger partial charge is 0.418 e. The maximum atomic E-state index is 11.8. The van der Waals surface area contributed by atoms with Crippen molar-refractivity contribution in [3.8, 4) is 22.6 Å². The molecule has 2 heterocycles. The summed E-state index contributed by atoms with van der Waals surface area (Å²) in [5, 5.41) is 9.93. The summed E-state index contributed by atoms with van der Waals surface area (Å²) in [6.07, 6.45) is 0.850. The highest BCUT2D eigenvalue weighted by atomic mass is 32.1. The van der Waals surface area contributed by atoms with Crippen LogP contribution in [0, 0.1) is 11.8 Å². The van der Waals surface area contributed by atoms with Gasteiger partial charge in [0.05, 0.1) is 11.4 Å². The van der Waals surface area contributed by atoms with Gasteiger partial charge in [0.25, 0.3) is 11.8 Å². The van der Waals surface area contributed by atoms with Gasteiger partial charge in [0.15, 0.2) is 0 Å². The molecule has 5 nitrogen and oxygen atoms in total. The first-order valence-electron chi connectivity index (χ1n) is 6.32. The van der Waals surface area contributed by atoms with E-state index >= 15 is 0 Å². The fourth-order valence-corrected chi connectivity index (χ4v) is 2.33. The topological polar surface area (TPSA) is 59.2 Å². The normalized spacial score (nSPS) is 9.90. The molecule has 104 valence electrons. The summed E-state index contributed by atoms with van der Waals surface area (Å²) in [7, 11) is 0. The van der Waals surface area contributed by atoms with Gasteiger partial charge in [0.2, 0.25) is 5.89 Å². The van der Waals surface area contributed by atoms with Gasteiger partial charge in [0.1, 0.15) is 0 Å². The third-order valence-corrected chi connectivity index (χ3v) is 3.40. The van der Waals surface area contributed by atoms with Crippen molar-refractivity contribution < 1.29 is 9.21 Å². The van der Waals surface area contributed by atoms with E-state index in [1.54, 1.807) is 11.8 Å². The lowest BCUT2D eigenvalue weighted by molar-refractivity contribution is -0.126. The number of carbonyl (C=O) groups excluding carboxylic acids is 1. The molecule has 0 saturated carbocycles. The van der Waals surface area contributed by atoms with Gasteiger partial charge < -0.3 is 9.32 Å². The van der Waals surface area contributed by atoms with Crippen molar-refractivity contribution in [2.45, 2.75) is 26.8 Å². The van der Waals surface area contributed by atoms with Gasteiger partial charge in [-0.2, -0.15) is 0 Å². The van der Waals surface area contributed by atoms with E-state index in [-0.39, 0.29) is 5.91 Å². The molecule has 0 atom stereocenters. The third kappa shape index (κ3) is 3.45. The van der Waals surface area contributed by atoms with Crippen LogP contribution in [0.15, 0.2) is 21.9 Å². The Balaban J connectivity index is 2.10. The Hall–Kier alpha value is -2.13. The lowest BCUT2D eigenvalue weighted by Gasteiger charge is -2.16. The van der Waals surface area contributed by atoms with Crippen LogP contribution >= 0.6 is 11.3 Å². The Labute approximate surface area is 121 Å². The number of aromatic nitrogens is 2. The third-order valence-electron chi connectivity index (χ3n) is 2.54. The van der Waals surface area contributed by atoms with Crippen molar-refractivity contribution in [2.24, 2.45) is 0 Å². The molecule has 0 aliphatic heterocycles. The van der Waals surface area contributed by atoms with Crippen molar-refractivity contribution in [3.63, 3.8) is 0 Å². The summed E-state index contributed by atoms with van der Waals surface area (Å²) < 4.78 is 5.58. The average Bonchev–Trinajstić information content (AvgIpc) is 3.09. The number of hydrogen-bond donors (Lipinski definition) is 0. The lowest BCUT2D eigenvalue weighted by atomic mass is 10.3. The molecule has 0 bridgehead atoms. The fourth-order valence-electron chi connectivity index (χ4n) is 1.69. The number of hydrogen-bond acceptors (Lipinski definition) is 5. The van der Waals surface area contributed by atoms with Crippen LogP contribution in [0.2, 0.25) is 0 Å². The Bertz CT molecular complexity index is 622. The van der Waals surface area contributed by atoms with E-state index in [0.717, 1.165) is 11.3 Å². The van der Waals surface area contributed by atoms with E-state index < -0.39 is 0 Å². The maximum absolute atomic E-state index is 11.8. The van der Waals surface area contributed by atoms with Crippen molar-refractivity contribution in [1.82, 2.24) is 15.1 Å². The minimum Gasteiger partial charge on any atom is -0.418 e. The number of nitrogens with zero attached hydrogens (tertiary/aromatic N) is 3. The van der Waals surface area contributed by atoms with Gasteiger partial charge >= 0.3 is 0 Å². The predicted molar refractivity (Wildman–Crippen MR) is 76.8 cm³/mol. The van der Waals surface area contributed by atoms with Crippen LogP contribution in [-0.4, -0.2) is 27.5 Å². The van der Waals surface area contributed by atoms with Crippen molar-refractivity contribution in [3.05, 3.63) is 23.4 Å². The second-order valence-electron chi connectivity index (χ2n) is 4.08. The van der Waals surface area contributed by atoms with E-state index in [4.69, 9.17) is 4.42 Å². The molecule has 2 aromatic rings. The lowest BCUT2D eigenvalue weighted by Crippen LogP contribution is -2.30. The highest BCUT2D eigenvalue weighted by molar-refractivity contribution is 7.13. The zero-order valence-corrected chi connectivity index (χ0v) is 12.2. The maximum Gasteiger partial charge on any atom is 0.298 e. The molecule has 0 aliphatic carbocycles. The summed E-state index contributed by atoms with van der Waals surface area (Å²) in [5.74, 6) is 5.84. The molecule has 20 heavy (non-hydrogen) atoms. The van der Waals surface area contributed by atoms with Gasteiger partial charge in [-0.25, -0.2) is 0 Å². The first-order chi connectivity index (χ1) is 9.74. The van der Waals surface area contributed by atoms with Crippen LogP contribution in [-0.2, 0) is 11.3 Å². The molecule has 0 spiro atoms. The summed E-state index contributed by atoms with van der Waals surface area (Å²) in [4.78, 5) is 14.4.